The predicted octanol–water partition coefficient (Wildman–Crippen LogP) is 3.55. The van der Waals surface area contributed by atoms with Crippen molar-refractivity contribution in [3.05, 3.63) is 23.3 Å². The highest BCUT2D eigenvalue weighted by Crippen LogP contribution is 2.36. The van der Waals surface area contributed by atoms with E-state index in [9.17, 15) is 5.11 Å². The molecule has 1 aliphatic carbocycles. The van der Waals surface area contributed by atoms with Crippen LogP contribution in [0.2, 0.25) is 0 Å². The Morgan fingerprint density at radius 1 is 1.60 bits per heavy atom. The molecule has 86 valence electrons. The average Bonchev–Trinajstić information content (AvgIpc) is 2.17. The molecule has 0 aliphatic heterocycles. The molecule has 1 nitrogen and oxygen atoms in total. The second-order valence-corrected chi connectivity index (χ2v) is 5.04. The summed E-state index contributed by atoms with van der Waals surface area (Å²) in [5, 5.41) is 9.45. The van der Waals surface area contributed by atoms with Crippen molar-refractivity contribution >= 4 is 0 Å². The molecule has 1 aliphatic rings. The maximum Gasteiger partial charge on any atom is 0.0467 e. The van der Waals surface area contributed by atoms with Crippen LogP contribution in [0.15, 0.2) is 23.3 Å². The van der Waals surface area contributed by atoms with E-state index in [-0.39, 0.29) is 0 Å². The first kappa shape index (κ1) is 12.5. The third kappa shape index (κ3) is 3.20. The first-order valence-corrected chi connectivity index (χ1v) is 5.98. The number of allylic oxidation sites excluding steroid dienone is 4. The van der Waals surface area contributed by atoms with Gasteiger partial charge in [-0.05, 0) is 51.4 Å². The standard InChI is InChI=1S/C14H24O/c1-5-10(2)7-13-8-11(3)6-12(4)14(13)9-15/h5,8,12-15H,6-7,9H2,1-4H3. The van der Waals surface area contributed by atoms with Gasteiger partial charge in [0.25, 0.3) is 0 Å². The van der Waals surface area contributed by atoms with Crippen LogP contribution in [0.1, 0.15) is 40.5 Å². The highest BCUT2D eigenvalue weighted by molar-refractivity contribution is 5.12. The molecular weight excluding hydrogens is 184 g/mol. The van der Waals surface area contributed by atoms with Gasteiger partial charge < -0.3 is 5.11 Å². The molecule has 0 radical (unpaired) electrons. The van der Waals surface area contributed by atoms with Gasteiger partial charge in [-0.15, -0.1) is 0 Å². The normalized spacial score (nSPS) is 32.7. The molecule has 0 aromatic heterocycles. The van der Waals surface area contributed by atoms with Crippen LogP contribution in [0.4, 0.5) is 0 Å². The molecule has 0 aromatic carbocycles. The summed E-state index contributed by atoms with van der Waals surface area (Å²) < 4.78 is 0. The van der Waals surface area contributed by atoms with Crippen molar-refractivity contribution in [2.45, 2.75) is 40.5 Å². The molecule has 1 heteroatoms. The van der Waals surface area contributed by atoms with Crippen LogP contribution < -0.4 is 0 Å². The molecule has 0 amide bonds. The Bertz CT molecular complexity index is 263. The molecule has 1 N–H and O–H groups in total. The van der Waals surface area contributed by atoms with Crippen LogP contribution in [0.3, 0.4) is 0 Å². The minimum absolute atomic E-state index is 0.326. The minimum Gasteiger partial charge on any atom is -0.396 e. The number of rotatable bonds is 3. The van der Waals surface area contributed by atoms with E-state index in [1.165, 1.54) is 11.1 Å². The molecule has 0 aromatic rings. The van der Waals surface area contributed by atoms with Crippen LogP contribution in [0, 0.1) is 17.8 Å². The summed E-state index contributed by atoms with van der Waals surface area (Å²) in [5.41, 5.74) is 2.91. The molecule has 0 heterocycles. The topological polar surface area (TPSA) is 20.2 Å². The molecule has 0 saturated carbocycles. The van der Waals surface area contributed by atoms with Crippen molar-refractivity contribution in [3.8, 4) is 0 Å². The lowest BCUT2D eigenvalue weighted by Gasteiger charge is -2.34. The smallest absolute Gasteiger partial charge is 0.0467 e. The lowest BCUT2D eigenvalue weighted by Crippen LogP contribution is -2.28. The number of aliphatic hydroxyl groups excluding tert-OH is 1. The van der Waals surface area contributed by atoms with Gasteiger partial charge in [0.1, 0.15) is 0 Å². The van der Waals surface area contributed by atoms with Gasteiger partial charge in [-0.3, -0.25) is 0 Å². The molecule has 15 heavy (non-hydrogen) atoms. The van der Waals surface area contributed by atoms with Gasteiger partial charge in [0, 0.05) is 6.61 Å². The Morgan fingerprint density at radius 2 is 2.27 bits per heavy atom. The average molecular weight is 208 g/mol. The fourth-order valence-corrected chi connectivity index (χ4v) is 2.65. The van der Waals surface area contributed by atoms with Crippen LogP contribution in [0.5, 0.6) is 0 Å². The van der Waals surface area contributed by atoms with Crippen molar-refractivity contribution in [1.29, 1.82) is 0 Å². The minimum atomic E-state index is 0.326. The zero-order valence-electron chi connectivity index (χ0n) is 10.5. The zero-order chi connectivity index (χ0) is 11.4. The van der Waals surface area contributed by atoms with Gasteiger partial charge in [-0.25, -0.2) is 0 Å². The summed E-state index contributed by atoms with van der Waals surface area (Å²) in [7, 11) is 0. The summed E-state index contributed by atoms with van der Waals surface area (Å²) in [6.45, 7) is 9.06. The van der Waals surface area contributed by atoms with Crippen LogP contribution in [-0.2, 0) is 0 Å². The van der Waals surface area contributed by atoms with Crippen molar-refractivity contribution in [3.63, 3.8) is 0 Å². The van der Waals surface area contributed by atoms with Crippen LogP contribution >= 0.6 is 0 Å². The maximum atomic E-state index is 9.45. The van der Waals surface area contributed by atoms with E-state index in [0.29, 0.717) is 24.4 Å². The second-order valence-electron chi connectivity index (χ2n) is 5.04. The second kappa shape index (κ2) is 5.50. The fraction of sp³-hybridized carbons (Fsp3) is 0.714. The van der Waals surface area contributed by atoms with Crippen LogP contribution in [0.25, 0.3) is 0 Å². The maximum absolute atomic E-state index is 9.45. The Morgan fingerprint density at radius 3 is 2.80 bits per heavy atom. The summed E-state index contributed by atoms with van der Waals surface area (Å²) in [6.07, 6.45) is 6.80. The van der Waals surface area contributed by atoms with Crippen molar-refractivity contribution < 1.29 is 5.11 Å². The SMILES string of the molecule is CC=C(C)CC1C=C(C)CC(C)C1CO. The molecule has 0 saturated heterocycles. The van der Waals surface area contributed by atoms with Gasteiger partial charge in [-0.1, -0.05) is 30.2 Å². The lowest BCUT2D eigenvalue weighted by atomic mass is 9.72. The van der Waals surface area contributed by atoms with E-state index >= 15 is 0 Å². The molecule has 3 unspecified atom stereocenters. The molecule has 1 rings (SSSR count). The van der Waals surface area contributed by atoms with Crippen molar-refractivity contribution in [2.24, 2.45) is 17.8 Å². The Hall–Kier alpha value is -0.560. The van der Waals surface area contributed by atoms with Crippen LogP contribution in [-0.4, -0.2) is 11.7 Å². The summed E-state index contributed by atoms with van der Waals surface area (Å²) in [6, 6.07) is 0. The molecule has 0 spiro atoms. The van der Waals surface area contributed by atoms with Crippen molar-refractivity contribution in [1.82, 2.24) is 0 Å². The van der Waals surface area contributed by atoms with Gasteiger partial charge in [0.05, 0.1) is 0 Å². The zero-order valence-corrected chi connectivity index (χ0v) is 10.5. The Labute approximate surface area is 93.9 Å². The van der Waals surface area contributed by atoms with Gasteiger partial charge >= 0.3 is 0 Å². The first-order valence-electron chi connectivity index (χ1n) is 5.98. The summed E-state index contributed by atoms with van der Waals surface area (Å²) in [5.74, 6) is 1.60. The Balaban J connectivity index is 2.77. The van der Waals surface area contributed by atoms with Crippen molar-refractivity contribution in [2.75, 3.05) is 6.61 Å². The summed E-state index contributed by atoms with van der Waals surface area (Å²) in [4.78, 5) is 0. The highest BCUT2D eigenvalue weighted by atomic mass is 16.3. The van der Waals surface area contributed by atoms with E-state index in [2.05, 4.69) is 39.8 Å². The Kier molecular flexibility index (Phi) is 4.59. The first-order chi connectivity index (χ1) is 7.08. The quantitative estimate of drug-likeness (QED) is 0.703. The van der Waals surface area contributed by atoms with E-state index in [1.807, 2.05) is 0 Å². The molecule has 3 atom stereocenters. The van der Waals surface area contributed by atoms with E-state index in [1.54, 1.807) is 0 Å². The number of hydrogen-bond acceptors (Lipinski definition) is 1. The van der Waals surface area contributed by atoms with E-state index in [0.717, 1.165) is 12.8 Å². The molecule has 0 bridgehead atoms. The van der Waals surface area contributed by atoms with E-state index in [4.69, 9.17) is 0 Å². The number of hydrogen-bond donors (Lipinski definition) is 1. The highest BCUT2D eigenvalue weighted by Gasteiger charge is 2.28. The monoisotopic (exact) mass is 208 g/mol. The third-order valence-electron chi connectivity index (χ3n) is 3.68. The fourth-order valence-electron chi connectivity index (χ4n) is 2.65. The van der Waals surface area contributed by atoms with Gasteiger partial charge in [-0.2, -0.15) is 0 Å². The lowest BCUT2D eigenvalue weighted by molar-refractivity contribution is 0.137. The van der Waals surface area contributed by atoms with Gasteiger partial charge in [0.15, 0.2) is 0 Å². The molecule has 0 fully saturated rings. The predicted molar refractivity (Wildman–Crippen MR) is 65.7 cm³/mol. The third-order valence-corrected chi connectivity index (χ3v) is 3.68. The van der Waals surface area contributed by atoms with E-state index < -0.39 is 0 Å². The number of aliphatic hydroxyl groups is 1. The largest absolute Gasteiger partial charge is 0.396 e. The molecular formula is C14H24O. The summed E-state index contributed by atoms with van der Waals surface area (Å²) >= 11 is 0. The van der Waals surface area contributed by atoms with Gasteiger partial charge in [0.2, 0.25) is 0 Å².